The third-order valence-electron chi connectivity index (χ3n) is 2.18. The van der Waals surface area contributed by atoms with Crippen molar-refractivity contribution in [3.63, 3.8) is 0 Å². The summed E-state index contributed by atoms with van der Waals surface area (Å²) in [4.78, 5) is 0. The molecule has 0 aliphatic carbocycles. The molecule has 1 rings (SSSR count). The fourth-order valence-electron chi connectivity index (χ4n) is 1.40. The summed E-state index contributed by atoms with van der Waals surface area (Å²) >= 11 is 0. The van der Waals surface area contributed by atoms with Crippen LogP contribution in [0, 0.1) is 0 Å². The van der Waals surface area contributed by atoms with Gasteiger partial charge in [-0.1, -0.05) is 18.2 Å². The van der Waals surface area contributed by atoms with Crippen molar-refractivity contribution in [1.82, 2.24) is 5.32 Å². The molecule has 1 aromatic carbocycles. The largest absolute Gasteiger partial charge is 0.401 e. The van der Waals surface area contributed by atoms with E-state index in [-0.39, 0.29) is 0 Å². The van der Waals surface area contributed by atoms with E-state index in [1.165, 1.54) is 0 Å². The number of nitrogens with two attached hydrogens (primary N) is 1. The lowest BCUT2D eigenvalue weighted by Gasteiger charge is -2.08. The van der Waals surface area contributed by atoms with Gasteiger partial charge in [0.05, 0.1) is 6.54 Å². The van der Waals surface area contributed by atoms with Gasteiger partial charge >= 0.3 is 6.18 Å². The molecule has 2 nitrogen and oxygen atoms in total. The van der Waals surface area contributed by atoms with Crippen molar-refractivity contribution >= 4 is 5.69 Å². The Bertz CT molecular complexity index is 323. The van der Waals surface area contributed by atoms with E-state index in [1.54, 1.807) is 6.07 Å². The van der Waals surface area contributed by atoms with Gasteiger partial charge in [0.25, 0.3) is 0 Å². The Hall–Kier alpha value is -1.23. The van der Waals surface area contributed by atoms with Crippen molar-refractivity contribution in [3.05, 3.63) is 29.8 Å². The van der Waals surface area contributed by atoms with E-state index in [0.717, 1.165) is 5.56 Å². The number of rotatable bonds is 5. The second-order valence-corrected chi connectivity index (χ2v) is 3.59. The molecule has 16 heavy (non-hydrogen) atoms. The molecule has 0 saturated heterocycles. The lowest BCUT2D eigenvalue weighted by molar-refractivity contribution is -0.124. The number of nitrogen functional groups attached to an aromatic ring is 1. The van der Waals surface area contributed by atoms with Gasteiger partial charge in [0, 0.05) is 5.69 Å². The van der Waals surface area contributed by atoms with Gasteiger partial charge in [0.15, 0.2) is 0 Å². The molecule has 0 unspecified atom stereocenters. The fraction of sp³-hybridized carbons (Fsp3) is 0.455. The Balaban J connectivity index is 2.19. The average molecular weight is 232 g/mol. The molecule has 0 aliphatic heterocycles. The number of hydrogen-bond acceptors (Lipinski definition) is 2. The van der Waals surface area contributed by atoms with E-state index in [1.807, 2.05) is 18.2 Å². The highest BCUT2D eigenvalue weighted by atomic mass is 19.4. The molecular formula is C11H15F3N2. The number of aryl methyl sites for hydroxylation is 1. The smallest absolute Gasteiger partial charge is 0.399 e. The van der Waals surface area contributed by atoms with Gasteiger partial charge in [-0.25, -0.2) is 0 Å². The summed E-state index contributed by atoms with van der Waals surface area (Å²) in [5.74, 6) is 0. The summed E-state index contributed by atoms with van der Waals surface area (Å²) in [5, 5.41) is 2.35. The molecule has 3 N–H and O–H groups in total. The zero-order valence-electron chi connectivity index (χ0n) is 8.85. The highest BCUT2D eigenvalue weighted by molar-refractivity contribution is 5.46. The Morgan fingerprint density at radius 3 is 2.50 bits per heavy atom. The van der Waals surface area contributed by atoms with Gasteiger partial charge in [-0.2, -0.15) is 13.2 Å². The maximum Gasteiger partial charge on any atom is 0.401 e. The molecule has 5 heteroatoms. The van der Waals surface area contributed by atoms with Crippen LogP contribution in [0.25, 0.3) is 0 Å². The maximum absolute atomic E-state index is 11.8. The highest BCUT2D eigenvalue weighted by Crippen LogP contribution is 2.13. The summed E-state index contributed by atoms with van der Waals surface area (Å²) < 4.78 is 35.4. The van der Waals surface area contributed by atoms with E-state index >= 15 is 0 Å². The topological polar surface area (TPSA) is 38.0 Å². The van der Waals surface area contributed by atoms with E-state index in [0.29, 0.717) is 25.1 Å². The van der Waals surface area contributed by atoms with Crippen molar-refractivity contribution in [2.24, 2.45) is 0 Å². The summed E-state index contributed by atoms with van der Waals surface area (Å²) in [6.07, 6.45) is -2.80. The van der Waals surface area contributed by atoms with Gasteiger partial charge < -0.3 is 11.1 Å². The van der Waals surface area contributed by atoms with E-state index < -0.39 is 12.7 Å². The maximum atomic E-state index is 11.8. The molecule has 0 amide bonds. The number of hydrogen-bond donors (Lipinski definition) is 2. The van der Waals surface area contributed by atoms with Gasteiger partial charge in [-0.3, -0.25) is 0 Å². The summed E-state index contributed by atoms with van der Waals surface area (Å²) in [7, 11) is 0. The van der Waals surface area contributed by atoms with Crippen LogP contribution in [-0.4, -0.2) is 19.3 Å². The molecule has 0 aromatic heterocycles. The molecular weight excluding hydrogens is 217 g/mol. The Morgan fingerprint density at radius 2 is 1.88 bits per heavy atom. The third-order valence-corrected chi connectivity index (χ3v) is 2.18. The van der Waals surface area contributed by atoms with Crippen molar-refractivity contribution < 1.29 is 13.2 Å². The fourth-order valence-corrected chi connectivity index (χ4v) is 1.40. The van der Waals surface area contributed by atoms with E-state index in [2.05, 4.69) is 5.32 Å². The zero-order valence-corrected chi connectivity index (χ0v) is 8.85. The zero-order chi connectivity index (χ0) is 12.0. The lowest BCUT2D eigenvalue weighted by Crippen LogP contribution is -2.29. The Morgan fingerprint density at radius 1 is 1.19 bits per heavy atom. The summed E-state index contributed by atoms with van der Waals surface area (Å²) in [5.41, 5.74) is 7.38. The summed E-state index contributed by atoms with van der Waals surface area (Å²) in [6, 6.07) is 7.38. The van der Waals surface area contributed by atoms with Crippen molar-refractivity contribution in [1.29, 1.82) is 0 Å². The molecule has 0 radical (unpaired) electrons. The van der Waals surface area contributed by atoms with Gasteiger partial charge in [0.1, 0.15) is 0 Å². The second-order valence-electron chi connectivity index (χ2n) is 3.59. The molecule has 1 aromatic rings. The first kappa shape index (κ1) is 12.8. The van der Waals surface area contributed by atoms with Crippen LogP contribution in [0.4, 0.5) is 18.9 Å². The number of anilines is 1. The molecule has 0 heterocycles. The number of halogens is 3. The van der Waals surface area contributed by atoms with Gasteiger partial charge in [-0.15, -0.1) is 0 Å². The molecule has 0 spiro atoms. The summed E-state index contributed by atoms with van der Waals surface area (Å²) in [6.45, 7) is -0.592. The first-order valence-electron chi connectivity index (χ1n) is 5.10. The van der Waals surface area contributed by atoms with Crippen LogP contribution in [-0.2, 0) is 6.42 Å². The number of alkyl halides is 3. The van der Waals surface area contributed by atoms with Crippen LogP contribution in [0.15, 0.2) is 24.3 Å². The van der Waals surface area contributed by atoms with E-state index in [9.17, 15) is 13.2 Å². The highest BCUT2D eigenvalue weighted by Gasteiger charge is 2.25. The first-order chi connectivity index (χ1) is 7.49. The molecule has 0 saturated carbocycles. The Kier molecular flexibility index (Phi) is 4.61. The normalized spacial score (nSPS) is 11.7. The second kappa shape index (κ2) is 5.75. The van der Waals surface area contributed by atoms with Crippen LogP contribution < -0.4 is 11.1 Å². The van der Waals surface area contributed by atoms with Crippen LogP contribution in [0.5, 0.6) is 0 Å². The number of benzene rings is 1. The molecule has 90 valence electrons. The van der Waals surface area contributed by atoms with E-state index in [4.69, 9.17) is 5.73 Å². The van der Waals surface area contributed by atoms with Crippen LogP contribution in [0.3, 0.4) is 0 Å². The van der Waals surface area contributed by atoms with Crippen molar-refractivity contribution in [2.45, 2.75) is 19.0 Å². The molecule has 0 aliphatic rings. The average Bonchev–Trinajstić information content (AvgIpc) is 2.18. The Labute approximate surface area is 92.6 Å². The van der Waals surface area contributed by atoms with Crippen molar-refractivity contribution in [2.75, 3.05) is 18.8 Å². The van der Waals surface area contributed by atoms with Crippen LogP contribution in [0.2, 0.25) is 0 Å². The minimum Gasteiger partial charge on any atom is -0.399 e. The standard InChI is InChI=1S/C11H15F3N2/c12-11(13,14)8-16-7-3-5-9-4-1-2-6-10(9)15/h1-2,4,6,16H,3,5,7-8,15H2. The molecule has 0 bridgehead atoms. The van der Waals surface area contributed by atoms with Gasteiger partial charge in [-0.05, 0) is 31.0 Å². The monoisotopic (exact) mass is 232 g/mol. The van der Waals surface area contributed by atoms with Crippen LogP contribution in [0.1, 0.15) is 12.0 Å². The quantitative estimate of drug-likeness (QED) is 0.604. The number of para-hydroxylation sites is 1. The predicted octanol–water partition coefficient (Wildman–Crippen LogP) is 2.35. The first-order valence-corrected chi connectivity index (χ1v) is 5.10. The van der Waals surface area contributed by atoms with Crippen molar-refractivity contribution in [3.8, 4) is 0 Å². The minimum atomic E-state index is -4.13. The number of nitrogens with one attached hydrogen (secondary N) is 1. The molecule has 0 atom stereocenters. The van der Waals surface area contributed by atoms with Gasteiger partial charge in [0.2, 0.25) is 0 Å². The predicted molar refractivity (Wildman–Crippen MR) is 58.1 cm³/mol. The molecule has 0 fully saturated rings. The SMILES string of the molecule is Nc1ccccc1CCCNCC(F)(F)F. The minimum absolute atomic E-state index is 0.341. The lowest BCUT2D eigenvalue weighted by atomic mass is 10.1. The van der Waals surface area contributed by atoms with Crippen LogP contribution >= 0.6 is 0 Å². The third kappa shape index (κ3) is 5.02.